The minimum atomic E-state index is -0.160. The average molecular weight is 250 g/mol. The summed E-state index contributed by atoms with van der Waals surface area (Å²) in [5.41, 5.74) is 9.58. The van der Waals surface area contributed by atoms with E-state index in [2.05, 4.69) is 23.9 Å². The van der Waals surface area contributed by atoms with Crippen molar-refractivity contribution in [3.63, 3.8) is 0 Å². The van der Waals surface area contributed by atoms with Crippen LogP contribution in [0, 0.1) is 13.8 Å². The van der Waals surface area contributed by atoms with Crippen LogP contribution in [-0.2, 0) is 13.5 Å². The monoisotopic (exact) mass is 250 g/mol. The molecule has 17 heavy (non-hydrogen) atoms. The van der Waals surface area contributed by atoms with Gasteiger partial charge in [0.25, 0.3) is 0 Å². The first-order chi connectivity index (χ1) is 8.04. The number of hydrogen-bond acceptors (Lipinski definition) is 4. The molecule has 0 aliphatic heterocycles. The molecule has 0 saturated heterocycles. The molecule has 92 valence electrons. The lowest BCUT2D eigenvalue weighted by Gasteiger charge is -2.07. The molecule has 4 nitrogen and oxygen atoms in total. The van der Waals surface area contributed by atoms with E-state index >= 15 is 0 Å². The molecule has 1 atom stereocenters. The highest BCUT2D eigenvalue weighted by molar-refractivity contribution is 7.11. The van der Waals surface area contributed by atoms with Crippen LogP contribution in [0.3, 0.4) is 0 Å². The Kier molecular flexibility index (Phi) is 3.31. The third kappa shape index (κ3) is 2.12. The van der Waals surface area contributed by atoms with E-state index in [1.54, 1.807) is 11.3 Å². The van der Waals surface area contributed by atoms with E-state index in [1.165, 1.54) is 4.88 Å². The summed E-state index contributed by atoms with van der Waals surface area (Å²) in [4.78, 5) is 5.87. The predicted octanol–water partition coefficient (Wildman–Crippen LogP) is 2.10. The highest BCUT2D eigenvalue weighted by Crippen LogP contribution is 2.27. The molecule has 2 aromatic heterocycles. The van der Waals surface area contributed by atoms with Gasteiger partial charge in [0, 0.05) is 23.2 Å². The van der Waals surface area contributed by atoms with Gasteiger partial charge in [0.05, 0.1) is 17.9 Å². The lowest BCUT2D eigenvalue weighted by molar-refractivity contribution is 0.733. The van der Waals surface area contributed by atoms with Gasteiger partial charge in [0.1, 0.15) is 5.01 Å². The highest BCUT2D eigenvalue weighted by atomic mass is 32.1. The predicted molar refractivity (Wildman–Crippen MR) is 70.2 cm³/mol. The van der Waals surface area contributed by atoms with Crippen molar-refractivity contribution in [2.24, 2.45) is 12.8 Å². The molecule has 5 heteroatoms. The topological polar surface area (TPSA) is 56.7 Å². The first-order valence-corrected chi connectivity index (χ1v) is 6.56. The van der Waals surface area contributed by atoms with Crippen molar-refractivity contribution < 1.29 is 0 Å². The largest absolute Gasteiger partial charge is 0.318 e. The van der Waals surface area contributed by atoms with Crippen LogP contribution in [-0.4, -0.2) is 14.8 Å². The van der Waals surface area contributed by atoms with Crippen molar-refractivity contribution in [2.75, 3.05) is 0 Å². The van der Waals surface area contributed by atoms with E-state index in [4.69, 9.17) is 5.73 Å². The molecule has 0 aliphatic carbocycles. The van der Waals surface area contributed by atoms with Gasteiger partial charge >= 0.3 is 0 Å². The fourth-order valence-corrected chi connectivity index (χ4v) is 2.90. The number of aryl methyl sites for hydroxylation is 3. The SMILES string of the molecule is CCc1nc(C(N)c2cnn(C)c2C)sc1C. The number of rotatable bonds is 3. The van der Waals surface area contributed by atoms with Gasteiger partial charge in [0.2, 0.25) is 0 Å². The van der Waals surface area contributed by atoms with Gasteiger partial charge < -0.3 is 5.73 Å². The Morgan fingerprint density at radius 2 is 2.18 bits per heavy atom. The smallest absolute Gasteiger partial charge is 0.115 e. The Labute approximate surface area is 105 Å². The number of aromatic nitrogens is 3. The first kappa shape index (κ1) is 12.3. The van der Waals surface area contributed by atoms with Gasteiger partial charge in [-0.3, -0.25) is 4.68 Å². The second kappa shape index (κ2) is 4.58. The molecule has 2 rings (SSSR count). The van der Waals surface area contributed by atoms with Gasteiger partial charge in [-0.15, -0.1) is 11.3 Å². The summed E-state index contributed by atoms with van der Waals surface area (Å²) in [6.07, 6.45) is 2.80. The summed E-state index contributed by atoms with van der Waals surface area (Å²) < 4.78 is 1.84. The van der Waals surface area contributed by atoms with E-state index < -0.39 is 0 Å². The maximum absolute atomic E-state index is 6.26. The van der Waals surface area contributed by atoms with Gasteiger partial charge in [-0.05, 0) is 20.3 Å². The molecule has 2 heterocycles. The van der Waals surface area contributed by atoms with Gasteiger partial charge in [-0.1, -0.05) is 6.92 Å². The van der Waals surface area contributed by atoms with Crippen molar-refractivity contribution in [3.8, 4) is 0 Å². The Hall–Kier alpha value is -1.20. The Bertz CT molecular complexity index is 527. The number of nitrogens with zero attached hydrogens (tertiary/aromatic N) is 3. The summed E-state index contributed by atoms with van der Waals surface area (Å²) in [6.45, 7) is 6.25. The summed E-state index contributed by atoms with van der Waals surface area (Å²) in [5.74, 6) is 0. The molecule has 0 fully saturated rings. The number of nitrogens with two attached hydrogens (primary N) is 1. The summed E-state index contributed by atoms with van der Waals surface area (Å²) in [7, 11) is 1.93. The number of thiazole rings is 1. The molecule has 1 unspecified atom stereocenters. The molecular weight excluding hydrogens is 232 g/mol. The van der Waals surface area contributed by atoms with Crippen LogP contribution >= 0.6 is 11.3 Å². The van der Waals surface area contributed by atoms with Crippen molar-refractivity contribution >= 4 is 11.3 Å². The maximum atomic E-state index is 6.26. The summed E-state index contributed by atoms with van der Waals surface area (Å²) in [5, 5.41) is 5.21. The zero-order valence-corrected chi connectivity index (χ0v) is 11.5. The molecule has 0 radical (unpaired) electrons. The minimum Gasteiger partial charge on any atom is -0.318 e. The van der Waals surface area contributed by atoms with E-state index in [0.717, 1.165) is 28.4 Å². The third-order valence-corrected chi connectivity index (χ3v) is 4.21. The van der Waals surface area contributed by atoms with E-state index in [0.29, 0.717) is 0 Å². The van der Waals surface area contributed by atoms with Crippen LogP contribution in [0.15, 0.2) is 6.20 Å². The molecule has 2 aromatic rings. The van der Waals surface area contributed by atoms with Crippen molar-refractivity contribution in [2.45, 2.75) is 33.2 Å². The Balaban J connectivity index is 2.36. The third-order valence-electron chi connectivity index (χ3n) is 3.12. The number of hydrogen-bond donors (Lipinski definition) is 1. The van der Waals surface area contributed by atoms with Crippen LogP contribution in [0.4, 0.5) is 0 Å². The molecule has 0 aromatic carbocycles. The summed E-state index contributed by atoms with van der Waals surface area (Å²) >= 11 is 1.69. The van der Waals surface area contributed by atoms with E-state index in [1.807, 2.05) is 24.9 Å². The fraction of sp³-hybridized carbons (Fsp3) is 0.500. The second-order valence-electron chi connectivity index (χ2n) is 4.20. The lowest BCUT2D eigenvalue weighted by Crippen LogP contribution is -2.12. The van der Waals surface area contributed by atoms with Crippen LogP contribution in [0.1, 0.15) is 39.8 Å². The van der Waals surface area contributed by atoms with E-state index in [9.17, 15) is 0 Å². The van der Waals surface area contributed by atoms with Crippen LogP contribution in [0.25, 0.3) is 0 Å². The van der Waals surface area contributed by atoms with Crippen molar-refractivity contribution in [3.05, 3.63) is 33.0 Å². The standard InChI is InChI=1S/C12H18N4S/c1-5-10-8(3)17-12(15-10)11(13)9-6-14-16(4)7(9)2/h6,11H,5,13H2,1-4H3. The normalized spacial score (nSPS) is 13.0. The molecule has 0 spiro atoms. The Morgan fingerprint density at radius 3 is 2.65 bits per heavy atom. The minimum absolute atomic E-state index is 0.160. The van der Waals surface area contributed by atoms with E-state index in [-0.39, 0.29) is 6.04 Å². The fourth-order valence-electron chi connectivity index (χ4n) is 1.87. The van der Waals surface area contributed by atoms with Crippen molar-refractivity contribution in [1.29, 1.82) is 0 Å². The van der Waals surface area contributed by atoms with Gasteiger partial charge in [-0.25, -0.2) is 4.98 Å². The molecule has 0 amide bonds. The zero-order chi connectivity index (χ0) is 12.6. The average Bonchev–Trinajstić information content (AvgIpc) is 2.83. The van der Waals surface area contributed by atoms with Crippen molar-refractivity contribution in [1.82, 2.24) is 14.8 Å². The maximum Gasteiger partial charge on any atom is 0.115 e. The highest BCUT2D eigenvalue weighted by Gasteiger charge is 2.18. The quantitative estimate of drug-likeness (QED) is 0.907. The van der Waals surface area contributed by atoms with Gasteiger partial charge in [-0.2, -0.15) is 5.10 Å². The molecule has 2 N–H and O–H groups in total. The van der Waals surface area contributed by atoms with Crippen LogP contribution in [0.2, 0.25) is 0 Å². The van der Waals surface area contributed by atoms with Crippen LogP contribution < -0.4 is 5.73 Å². The van der Waals surface area contributed by atoms with Gasteiger partial charge in [0.15, 0.2) is 0 Å². The molecular formula is C12H18N4S. The first-order valence-electron chi connectivity index (χ1n) is 5.74. The second-order valence-corrected chi connectivity index (χ2v) is 5.43. The van der Waals surface area contributed by atoms with Crippen LogP contribution in [0.5, 0.6) is 0 Å². The summed E-state index contributed by atoms with van der Waals surface area (Å²) in [6, 6.07) is -0.160. The zero-order valence-electron chi connectivity index (χ0n) is 10.7. The Morgan fingerprint density at radius 1 is 1.47 bits per heavy atom. The molecule has 0 bridgehead atoms. The lowest BCUT2D eigenvalue weighted by atomic mass is 10.1. The molecule has 0 saturated carbocycles. The molecule has 0 aliphatic rings.